The second-order valence-electron chi connectivity index (χ2n) is 6.96. The third-order valence-electron chi connectivity index (χ3n) is 5.28. The van der Waals surface area contributed by atoms with Gasteiger partial charge in [-0.05, 0) is 49.3 Å². The minimum Gasteiger partial charge on any atom is -0.493 e. The average molecular weight is 352 g/mol. The zero-order chi connectivity index (χ0) is 18.2. The molecule has 0 spiro atoms. The molecule has 4 heteroatoms. The van der Waals surface area contributed by atoms with E-state index in [1.54, 1.807) is 12.4 Å². The summed E-state index contributed by atoms with van der Waals surface area (Å²) < 4.78 is 5.78. The number of benzene rings is 1. The average Bonchev–Trinajstić information content (AvgIpc) is 2.71. The zero-order valence-electron chi connectivity index (χ0n) is 15.5. The Morgan fingerprint density at radius 3 is 2.50 bits per heavy atom. The lowest BCUT2D eigenvalue weighted by Gasteiger charge is -2.34. The highest BCUT2D eigenvalue weighted by molar-refractivity contribution is 5.83. The van der Waals surface area contributed by atoms with Gasteiger partial charge in [-0.25, -0.2) is 0 Å². The van der Waals surface area contributed by atoms with Gasteiger partial charge in [0, 0.05) is 25.5 Å². The molecule has 0 bridgehead atoms. The van der Waals surface area contributed by atoms with E-state index in [1.165, 1.54) is 0 Å². The number of amides is 1. The summed E-state index contributed by atoms with van der Waals surface area (Å²) in [6, 6.07) is 13.9. The first-order chi connectivity index (χ1) is 12.8. The number of carbonyl (C=O) groups is 1. The number of hydrogen-bond donors (Lipinski definition) is 0. The van der Waals surface area contributed by atoms with Crippen LogP contribution >= 0.6 is 0 Å². The number of aromatic nitrogens is 1. The van der Waals surface area contributed by atoms with Crippen molar-refractivity contribution in [2.24, 2.45) is 5.92 Å². The number of hydrogen-bond acceptors (Lipinski definition) is 3. The molecule has 1 aromatic carbocycles. The number of rotatable bonds is 7. The fourth-order valence-corrected chi connectivity index (χ4v) is 3.68. The largest absolute Gasteiger partial charge is 0.493 e. The Balaban J connectivity index is 1.44. The normalized spacial score (nSPS) is 16.3. The van der Waals surface area contributed by atoms with Gasteiger partial charge in [0.25, 0.3) is 0 Å². The molecule has 1 aliphatic heterocycles. The van der Waals surface area contributed by atoms with Gasteiger partial charge in [-0.15, -0.1) is 0 Å². The van der Waals surface area contributed by atoms with Gasteiger partial charge in [0.15, 0.2) is 0 Å². The molecule has 2 heterocycles. The van der Waals surface area contributed by atoms with E-state index in [1.807, 2.05) is 30.3 Å². The van der Waals surface area contributed by atoms with Crippen molar-refractivity contribution in [2.75, 3.05) is 19.7 Å². The first-order valence-electron chi connectivity index (χ1n) is 9.64. The fraction of sp³-hybridized carbons (Fsp3) is 0.455. The smallest absolute Gasteiger partial charge is 0.230 e. The van der Waals surface area contributed by atoms with Crippen LogP contribution in [-0.4, -0.2) is 35.5 Å². The molecule has 0 N–H and O–H groups in total. The lowest BCUT2D eigenvalue weighted by Crippen LogP contribution is -2.41. The predicted octanol–water partition coefficient (Wildman–Crippen LogP) is 4.28. The summed E-state index contributed by atoms with van der Waals surface area (Å²) in [7, 11) is 0. The molecule has 0 aliphatic carbocycles. The summed E-state index contributed by atoms with van der Waals surface area (Å²) in [4.78, 5) is 19.0. The van der Waals surface area contributed by atoms with Crippen molar-refractivity contribution in [3.63, 3.8) is 0 Å². The Kier molecular flexibility index (Phi) is 6.64. The highest BCUT2D eigenvalue weighted by Crippen LogP contribution is 2.26. The Morgan fingerprint density at radius 2 is 1.85 bits per heavy atom. The maximum Gasteiger partial charge on any atom is 0.230 e. The van der Waals surface area contributed by atoms with Gasteiger partial charge in [0.05, 0.1) is 12.5 Å². The molecule has 4 nitrogen and oxygen atoms in total. The van der Waals surface area contributed by atoms with E-state index in [4.69, 9.17) is 4.74 Å². The molecule has 0 saturated carbocycles. The molecule has 26 heavy (non-hydrogen) atoms. The first kappa shape index (κ1) is 18.4. The van der Waals surface area contributed by atoms with Crippen LogP contribution in [0.2, 0.25) is 0 Å². The van der Waals surface area contributed by atoms with Crippen LogP contribution in [-0.2, 0) is 4.79 Å². The molecule has 0 unspecified atom stereocenters. The molecular formula is C22H28N2O2. The van der Waals surface area contributed by atoms with Crippen LogP contribution in [0.1, 0.15) is 44.1 Å². The third kappa shape index (κ3) is 4.84. The summed E-state index contributed by atoms with van der Waals surface area (Å²) in [6.07, 6.45) is 7.52. The zero-order valence-corrected chi connectivity index (χ0v) is 15.5. The lowest BCUT2D eigenvalue weighted by molar-refractivity contribution is -0.134. The molecule has 1 aromatic heterocycles. The molecule has 3 rings (SSSR count). The number of carbonyl (C=O) groups excluding carboxylic acids is 1. The van der Waals surface area contributed by atoms with Gasteiger partial charge in [0.2, 0.25) is 5.91 Å². The van der Waals surface area contributed by atoms with E-state index in [0.717, 1.165) is 56.7 Å². The van der Waals surface area contributed by atoms with Crippen molar-refractivity contribution < 1.29 is 9.53 Å². The van der Waals surface area contributed by atoms with Crippen molar-refractivity contribution in [1.29, 1.82) is 0 Å². The van der Waals surface area contributed by atoms with Crippen LogP contribution < -0.4 is 4.74 Å². The maximum absolute atomic E-state index is 12.9. The number of ether oxygens (including phenoxy) is 1. The van der Waals surface area contributed by atoms with E-state index in [0.29, 0.717) is 5.92 Å². The topological polar surface area (TPSA) is 42.4 Å². The van der Waals surface area contributed by atoms with Crippen LogP contribution in [0.4, 0.5) is 0 Å². The minimum absolute atomic E-state index is 0.0113. The second-order valence-corrected chi connectivity index (χ2v) is 6.96. The summed E-state index contributed by atoms with van der Waals surface area (Å²) in [6.45, 7) is 4.55. The van der Waals surface area contributed by atoms with E-state index < -0.39 is 0 Å². The van der Waals surface area contributed by atoms with Gasteiger partial charge in [-0.1, -0.05) is 37.3 Å². The van der Waals surface area contributed by atoms with E-state index in [9.17, 15) is 4.79 Å². The summed E-state index contributed by atoms with van der Waals surface area (Å²) >= 11 is 0. The van der Waals surface area contributed by atoms with Gasteiger partial charge in [0.1, 0.15) is 5.75 Å². The number of nitrogens with zero attached hydrogens (tertiary/aromatic N) is 2. The van der Waals surface area contributed by atoms with Gasteiger partial charge >= 0.3 is 0 Å². The Labute approximate surface area is 156 Å². The van der Waals surface area contributed by atoms with Crippen molar-refractivity contribution in [2.45, 2.75) is 38.5 Å². The first-order valence-corrected chi connectivity index (χ1v) is 9.64. The number of pyridine rings is 1. The highest BCUT2D eigenvalue weighted by Gasteiger charge is 2.28. The third-order valence-corrected chi connectivity index (χ3v) is 5.28. The lowest BCUT2D eigenvalue weighted by atomic mass is 9.90. The van der Waals surface area contributed by atoms with Crippen LogP contribution in [0.15, 0.2) is 54.9 Å². The molecule has 2 aromatic rings. The van der Waals surface area contributed by atoms with Crippen molar-refractivity contribution in [3.05, 3.63) is 60.4 Å². The summed E-state index contributed by atoms with van der Waals surface area (Å²) in [5, 5.41) is 0. The second kappa shape index (κ2) is 9.37. The van der Waals surface area contributed by atoms with Crippen molar-refractivity contribution >= 4 is 5.91 Å². The van der Waals surface area contributed by atoms with Gasteiger partial charge < -0.3 is 9.64 Å². The highest BCUT2D eigenvalue weighted by atomic mass is 16.5. The molecule has 1 saturated heterocycles. The molecule has 138 valence electrons. The summed E-state index contributed by atoms with van der Waals surface area (Å²) in [5.74, 6) is 1.78. The molecule has 1 atom stereocenters. The Hall–Kier alpha value is -2.36. The quantitative estimate of drug-likeness (QED) is 0.747. The Bertz CT molecular complexity index is 667. The van der Waals surface area contributed by atoms with Gasteiger partial charge in [-0.2, -0.15) is 0 Å². The SMILES string of the molecule is CC[C@H](C(=O)N1CCC(CCOc2ccncc2)CC1)c1ccccc1. The maximum atomic E-state index is 12.9. The van der Waals surface area contributed by atoms with Crippen LogP contribution in [0.5, 0.6) is 5.75 Å². The Morgan fingerprint density at radius 1 is 1.15 bits per heavy atom. The molecule has 1 aliphatic rings. The van der Waals surface area contributed by atoms with E-state index >= 15 is 0 Å². The van der Waals surface area contributed by atoms with Crippen LogP contribution in [0, 0.1) is 5.92 Å². The standard InChI is InChI=1S/C22H28N2O2/c1-2-21(19-6-4-3-5-7-19)22(25)24-15-10-18(11-16-24)12-17-26-20-8-13-23-14-9-20/h3-9,13-14,18,21H,2,10-12,15-17H2,1H3/t21-/m0/s1. The number of likely N-dealkylation sites (tertiary alicyclic amines) is 1. The minimum atomic E-state index is -0.0113. The van der Waals surface area contributed by atoms with Crippen molar-refractivity contribution in [3.8, 4) is 5.75 Å². The number of piperidine rings is 1. The molecule has 1 fully saturated rings. The molecule has 1 amide bonds. The fourth-order valence-electron chi connectivity index (χ4n) is 3.68. The van der Waals surface area contributed by atoms with Crippen LogP contribution in [0.25, 0.3) is 0 Å². The van der Waals surface area contributed by atoms with Crippen LogP contribution in [0.3, 0.4) is 0 Å². The monoisotopic (exact) mass is 352 g/mol. The van der Waals surface area contributed by atoms with E-state index in [-0.39, 0.29) is 11.8 Å². The van der Waals surface area contributed by atoms with Crippen molar-refractivity contribution in [1.82, 2.24) is 9.88 Å². The van der Waals surface area contributed by atoms with Gasteiger partial charge in [-0.3, -0.25) is 9.78 Å². The molecular weight excluding hydrogens is 324 g/mol. The molecule has 0 radical (unpaired) electrons. The van der Waals surface area contributed by atoms with E-state index in [2.05, 4.69) is 28.9 Å². The predicted molar refractivity (Wildman–Crippen MR) is 103 cm³/mol. The summed E-state index contributed by atoms with van der Waals surface area (Å²) in [5.41, 5.74) is 1.13.